The van der Waals surface area contributed by atoms with Gasteiger partial charge < -0.3 is 30.5 Å². The number of carbonyl (C=O) groups is 2. The maximum Gasteiger partial charge on any atom is 0.243 e. The van der Waals surface area contributed by atoms with Gasteiger partial charge in [-0.25, -0.2) is 0 Å². The van der Waals surface area contributed by atoms with Crippen molar-refractivity contribution in [2.24, 2.45) is 0 Å². The molecule has 4 rings (SSSR count). The second-order valence-corrected chi connectivity index (χ2v) is 7.80. The maximum absolute atomic E-state index is 12.1. The van der Waals surface area contributed by atoms with E-state index in [9.17, 15) is 14.7 Å². The lowest BCUT2D eigenvalue weighted by atomic mass is 10.1. The zero-order chi connectivity index (χ0) is 24.2. The van der Waals surface area contributed by atoms with Crippen molar-refractivity contribution in [3.63, 3.8) is 0 Å². The van der Waals surface area contributed by atoms with Gasteiger partial charge in [0.25, 0.3) is 0 Å². The van der Waals surface area contributed by atoms with E-state index in [-0.39, 0.29) is 23.3 Å². The van der Waals surface area contributed by atoms with E-state index in [1.165, 1.54) is 25.3 Å². The Morgan fingerprint density at radius 1 is 0.765 bits per heavy atom. The number of benzene rings is 2. The van der Waals surface area contributed by atoms with Crippen molar-refractivity contribution in [1.82, 2.24) is 16.0 Å². The van der Waals surface area contributed by atoms with Crippen molar-refractivity contribution in [2.45, 2.75) is 19.3 Å². The van der Waals surface area contributed by atoms with Crippen molar-refractivity contribution in [3.8, 4) is 23.0 Å². The van der Waals surface area contributed by atoms with Crippen LogP contribution >= 0.6 is 0 Å². The molecule has 2 aliphatic heterocycles. The maximum atomic E-state index is 12.1. The number of phenols is 1. The number of fused-ring (bicyclic) bond motifs is 15. The van der Waals surface area contributed by atoms with Crippen LogP contribution in [0, 0.1) is 0 Å². The van der Waals surface area contributed by atoms with Gasteiger partial charge in [0, 0.05) is 25.2 Å². The second-order valence-electron chi connectivity index (χ2n) is 7.80. The molecular weight excluding hydrogens is 434 g/mol. The van der Waals surface area contributed by atoms with Gasteiger partial charge in [-0.15, -0.1) is 0 Å². The highest BCUT2D eigenvalue weighted by molar-refractivity contribution is 5.92. The first kappa shape index (κ1) is 24.9. The number of hydrogen-bond donors (Lipinski definition) is 4. The molecule has 8 heteroatoms. The van der Waals surface area contributed by atoms with Gasteiger partial charge in [0.2, 0.25) is 11.8 Å². The zero-order valence-corrected chi connectivity index (χ0v) is 19.3. The summed E-state index contributed by atoms with van der Waals surface area (Å²) in [6.45, 7) is 2.83. The minimum atomic E-state index is -0.189. The Labute approximate surface area is 199 Å². The van der Waals surface area contributed by atoms with Crippen LogP contribution in [0.3, 0.4) is 0 Å². The summed E-state index contributed by atoms with van der Waals surface area (Å²) in [5.41, 5.74) is 1.47. The first-order chi connectivity index (χ1) is 16.5. The lowest BCUT2D eigenvalue weighted by Crippen LogP contribution is -2.27. The SMILES string of the molecule is COc1cc2ccc1Oc1cc(ccc1O)C=CC(=O)NCCCNCCCCNC(=O)C=C2. The largest absolute Gasteiger partial charge is 0.504 e. The van der Waals surface area contributed by atoms with E-state index in [1.807, 2.05) is 0 Å². The average Bonchev–Trinajstić information content (AvgIpc) is 2.84. The fourth-order valence-corrected chi connectivity index (χ4v) is 3.31. The highest BCUT2D eigenvalue weighted by Gasteiger charge is 2.10. The van der Waals surface area contributed by atoms with Crippen LogP contribution in [0.1, 0.15) is 30.4 Å². The van der Waals surface area contributed by atoms with Crippen molar-refractivity contribution < 1.29 is 24.2 Å². The molecule has 4 bridgehead atoms. The summed E-state index contributed by atoms with van der Waals surface area (Å²) in [7, 11) is 1.52. The van der Waals surface area contributed by atoms with Crippen LogP contribution in [-0.2, 0) is 9.59 Å². The smallest absolute Gasteiger partial charge is 0.243 e. The molecular formula is C26H31N3O5. The van der Waals surface area contributed by atoms with Crippen molar-refractivity contribution in [1.29, 1.82) is 0 Å². The lowest BCUT2D eigenvalue weighted by Gasteiger charge is -2.12. The third kappa shape index (κ3) is 7.97. The molecule has 2 aromatic rings. The Morgan fingerprint density at radius 3 is 2.12 bits per heavy atom. The Kier molecular flexibility index (Phi) is 9.54. The first-order valence-electron chi connectivity index (χ1n) is 11.4. The van der Waals surface area contributed by atoms with E-state index in [2.05, 4.69) is 16.0 Å². The minimum absolute atomic E-state index is 0.0433. The normalized spacial score (nSPS) is 16.1. The number of amides is 2. The Hall–Kier alpha value is -3.78. The van der Waals surface area contributed by atoms with Gasteiger partial charge in [-0.1, -0.05) is 12.1 Å². The van der Waals surface area contributed by atoms with Crippen molar-refractivity contribution in [2.75, 3.05) is 33.3 Å². The molecule has 0 unspecified atom stereocenters. The molecule has 0 saturated carbocycles. The quantitative estimate of drug-likeness (QED) is 0.515. The Bertz CT molecular complexity index is 1050. The fourth-order valence-electron chi connectivity index (χ4n) is 3.31. The summed E-state index contributed by atoms with van der Waals surface area (Å²) >= 11 is 0. The third-order valence-corrected chi connectivity index (χ3v) is 5.15. The number of rotatable bonds is 1. The summed E-state index contributed by atoms with van der Waals surface area (Å²) < 4.78 is 11.3. The number of aromatic hydroxyl groups is 1. The number of carbonyl (C=O) groups excluding carboxylic acids is 2. The molecule has 8 nitrogen and oxygen atoms in total. The molecule has 2 aliphatic rings. The highest BCUT2D eigenvalue weighted by atomic mass is 16.5. The van der Waals surface area contributed by atoms with Gasteiger partial charge in [-0.3, -0.25) is 9.59 Å². The van der Waals surface area contributed by atoms with Gasteiger partial charge >= 0.3 is 0 Å². The topological polar surface area (TPSA) is 109 Å². The highest BCUT2D eigenvalue weighted by Crippen LogP contribution is 2.37. The molecule has 0 aliphatic carbocycles. The molecule has 2 heterocycles. The summed E-state index contributed by atoms with van der Waals surface area (Å²) in [5, 5.41) is 19.3. The van der Waals surface area contributed by atoms with Gasteiger partial charge in [-0.2, -0.15) is 0 Å². The summed E-state index contributed by atoms with van der Waals surface area (Å²) in [6.07, 6.45) is 8.95. The predicted octanol–water partition coefficient (Wildman–Crippen LogP) is 3.23. The molecule has 2 amide bonds. The number of ether oxygens (including phenoxy) is 2. The van der Waals surface area contributed by atoms with E-state index >= 15 is 0 Å². The monoisotopic (exact) mass is 465 g/mol. The number of phenolic OH excluding ortho intramolecular Hbond substituents is 1. The molecule has 2 aromatic carbocycles. The van der Waals surface area contributed by atoms with Crippen LogP contribution in [0.4, 0.5) is 0 Å². The number of nitrogens with one attached hydrogen (secondary N) is 3. The number of hydrogen-bond acceptors (Lipinski definition) is 6. The Morgan fingerprint density at radius 2 is 1.38 bits per heavy atom. The first-order valence-corrected chi connectivity index (χ1v) is 11.4. The van der Waals surface area contributed by atoms with Gasteiger partial charge in [0.1, 0.15) is 0 Å². The second kappa shape index (κ2) is 13.1. The van der Waals surface area contributed by atoms with E-state index in [4.69, 9.17) is 9.47 Å². The standard InChI is InChI=1S/C26H31N3O5/c1-33-24-18-20-6-10-22(24)34-23-17-19(5-9-21(23)30)7-11-26(32)29-16-4-14-27-13-2-3-15-28-25(31)12-8-20/h5-12,17-18,27,30H,2-4,13-16H2,1H3,(H,28,31)(H,29,32). The van der Waals surface area contributed by atoms with E-state index in [0.717, 1.165) is 37.9 Å². The average molecular weight is 466 g/mol. The van der Waals surface area contributed by atoms with E-state index in [1.54, 1.807) is 42.5 Å². The third-order valence-electron chi connectivity index (χ3n) is 5.15. The number of methoxy groups -OCH3 is 1. The molecule has 0 atom stereocenters. The van der Waals surface area contributed by atoms with Crippen LogP contribution in [0.2, 0.25) is 0 Å². The van der Waals surface area contributed by atoms with Crippen LogP contribution in [0.25, 0.3) is 12.2 Å². The molecule has 0 fully saturated rings. The summed E-state index contributed by atoms with van der Waals surface area (Å²) in [6, 6.07) is 10.1. The molecule has 0 radical (unpaired) electrons. The van der Waals surface area contributed by atoms with E-state index < -0.39 is 0 Å². The van der Waals surface area contributed by atoms with Crippen LogP contribution in [-0.4, -0.2) is 50.2 Å². The fraction of sp³-hybridized carbons (Fsp3) is 0.308. The molecule has 0 spiro atoms. The van der Waals surface area contributed by atoms with Crippen LogP contribution in [0.15, 0.2) is 48.6 Å². The molecule has 0 saturated heterocycles. The van der Waals surface area contributed by atoms with Crippen LogP contribution < -0.4 is 25.4 Å². The summed E-state index contributed by atoms with van der Waals surface area (Å²) in [4.78, 5) is 24.2. The van der Waals surface area contributed by atoms with Gasteiger partial charge in [-0.05, 0) is 79.9 Å². The van der Waals surface area contributed by atoms with Crippen molar-refractivity contribution >= 4 is 24.0 Å². The lowest BCUT2D eigenvalue weighted by molar-refractivity contribution is -0.117. The van der Waals surface area contributed by atoms with Gasteiger partial charge in [0.15, 0.2) is 23.0 Å². The molecule has 180 valence electrons. The minimum Gasteiger partial charge on any atom is -0.504 e. The van der Waals surface area contributed by atoms with Crippen molar-refractivity contribution in [3.05, 3.63) is 59.7 Å². The summed E-state index contributed by atoms with van der Waals surface area (Å²) in [5.74, 6) is 0.686. The van der Waals surface area contributed by atoms with Gasteiger partial charge in [0.05, 0.1) is 7.11 Å². The van der Waals surface area contributed by atoms with E-state index in [0.29, 0.717) is 30.2 Å². The molecule has 4 N–H and O–H groups in total. The molecule has 34 heavy (non-hydrogen) atoms. The predicted molar refractivity (Wildman–Crippen MR) is 132 cm³/mol. The molecule has 0 aromatic heterocycles. The Balaban J connectivity index is 1.81. The zero-order valence-electron chi connectivity index (χ0n) is 19.3. The van der Waals surface area contributed by atoms with Crippen LogP contribution in [0.5, 0.6) is 23.0 Å².